The lowest BCUT2D eigenvalue weighted by atomic mass is 9.85. The van der Waals surface area contributed by atoms with Gasteiger partial charge in [-0.2, -0.15) is 0 Å². The summed E-state index contributed by atoms with van der Waals surface area (Å²) in [5, 5.41) is 0. The second kappa shape index (κ2) is 3.52. The first kappa shape index (κ1) is 8.79. The van der Waals surface area contributed by atoms with Gasteiger partial charge >= 0.3 is 5.97 Å². The van der Waals surface area contributed by atoms with Gasteiger partial charge in [-0.25, -0.2) is 0 Å². The minimum absolute atomic E-state index is 0.125. The molecule has 0 aromatic heterocycles. The molecule has 2 aliphatic carbocycles. The lowest BCUT2D eigenvalue weighted by molar-refractivity contribution is -0.148. The zero-order chi connectivity index (χ0) is 9.26. The molecule has 2 nitrogen and oxygen atoms in total. The van der Waals surface area contributed by atoms with Crippen LogP contribution < -0.4 is 0 Å². The monoisotopic (exact) mass is 180 g/mol. The summed E-state index contributed by atoms with van der Waals surface area (Å²) < 4.78 is 5.31. The van der Waals surface area contributed by atoms with Crippen molar-refractivity contribution < 1.29 is 9.53 Å². The Morgan fingerprint density at radius 2 is 2.08 bits per heavy atom. The molecule has 0 saturated heterocycles. The summed E-state index contributed by atoms with van der Waals surface area (Å²) in [7, 11) is 0. The maximum absolute atomic E-state index is 10.8. The van der Waals surface area contributed by atoms with E-state index < -0.39 is 0 Å². The third-order valence-corrected chi connectivity index (χ3v) is 3.24. The van der Waals surface area contributed by atoms with Crippen LogP contribution in [0.4, 0.5) is 0 Å². The highest BCUT2D eigenvalue weighted by Crippen LogP contribution is 2.41. The molecule has 2 heteroatoms. The number of hydrogen-bond acceptors (Lipinski definition) is 2. The minimum atomic E-state index is -0.125. The highest BCUT2D eigenvalue weighted by atomic mass is 16.5. The summed E-state index contributed by atoms with van der Waals surface area (Å²) in [5.74, 6) is 1.25. The zero-order valence-corrected chi connectivity index (χ0v) is 8.03. The van der Waals surface area contributed by atoms with E-state index in [1.54, 1.807) is 0 Å². The Hall–Kier alpha value is -0.790. The fraction of sp³-hybridized carbons (Fsp3) is 0.727. The molecule has 0 spiro atoms. The lowest BCUT2D eigenvalue weighted by Gasteiger charge is -2.25. The minimum Gasteiger partial charge on any atom is -0.462 e. The van der Waals surface area contributed by atoms with Crippen molar-refractivity contribution in [1.82, 2.24) is 0 Å². The average Bonchev–Trinajstić information content (AvgIpc) is 2.48. The van der Waals surface area contributed by atoms with Gasteiger partial charge in [0.2, 0.25) is 0 Å². The summed E-state index contributed by atoms with van der Waals surface area (Å²) in [6.07, 6.45) is 9.27. The van der Waals surface area contributed by atoms with Gasteiger partial charge in [-0.05, 0) is 31.6 Å². The molecule has 0 bridgehead atoms. The molecule has 1 fully saturated rings. The van der Waals surface area contributed by atoms with Crippen LogP contribution in [-0.4, -0.2) is 12.1 Å². The number of carbonyl (C=O) groups is 1. The van der Waals surface area contributed by atoms with Crippen LogP contribution in [0.5, 0.6) is 0 Å². The van der Waals surface area contributed by atoms with Crippen molar-refractivity contribution in [3.05, 3.63) is 12.2 Å². The maximum atomic E-state index is 10.8. The van der Waals surface area contributed by atoms with Crippen LogP contribution in [0, 0.1) is 11.8 Å². The molecule has 0 radical (unpaired) electrons. The Morgan fingerprint density at radius 3 is 2.85 bits per heavy atom. The van der Waals surface area contributed by atoms with E-state index in [1.165, 1.54) is 19.8 Å². The van der Waals surface area contributed by atoms with Gasteiger partial charge in [0.1, 0.15) is 6.10 Å². The molecule has 2 aliphatic rings. The first-order valence-electron chi connectivity index (χ1n) is 5.09. The molecule has 3 unspecified atom stereocenters. The normalized spacial score (nSPS) is 37.2. The Balaban J connectivity index is 1.99. The van der Waals surface area contributed by atoms with Gasteiger partial charge < -0.3 is 4.74 Å². The predicted octanol–water partition coefficient (Wildman–Crippen LogP) is 2.29. The molecule has 0 aromatic rings. The van der Waals surface area contributed by atoms with E-state index in [1.807, 2.05) is 0 Å². The first-order valence-corrected chi connectivity index (χ1v) is 5.09. The second-order valence-electron chi connectivity index (χ2n) is 4.09. The van der Waals surface area contributed by atoms with E-state index in [9.17, 15) is 4.79 Å². The van der Waals surface area contributed by atoms with Gasteiger partial charge in [-0.1, -0.05) is 12.2 Å². The number of carbonyl (C=O) groups excluding carboxylic acids is 1. The smallest absolute Gasteiger partial charge is 0.302 e. The van der Waals surface area contributed by atoms with Crippen LogP contribution in [0.1, 0.15) is 32.6 Å². The van der Waals surface area contributed by atoms with Crippen molar-refractivity contribution in [3.8, 4) is 0 Å². The molecule has 0 N–H and O–H groups in total. The van der Waals surface area contributed by atoms with E-state index in [-0.39, 0.29) is 12.1 Å². The Labute approximate surface area is 79.0 Å². The van der Waals surface area contributed by atoms with Crippen molar-refractivity contribution in [2.45, 2.75) is 38.7 Å². The largest absolute Gasteiger partial charge is 0.462 e. The van der Waals surface area contributed by atoms with Crippen LogP contribution in [0.25, 0.3) is 0 Å². The van der Waals surface area contributed by atoms with Gasteiger partial charge in [-0.15, -0.1) is 0 Å². The van der Waals surface area contributed by atoms with Crippen LogP contribution >= 0.6 is 0 Å². The Kier molecular flexibility index (Phi) is 2.38. The number of rotatable bonds is 1. The summed E-state index contributed by atoms with van der Waals surface area (Å²) in [5.41, 5.74) is 0. The highest BCUT2D eigenvalue weighted by molar-refractivity contribution is 5.66. The third-order valence-electron chi connectivity index (χ3n) is 3.24. The van der Waals surface area contributed by atoms with Crippen molar-refractivity contribution in [2.75, 3.05) is 0 Å². The lowest BCUT2D eigenvalue weighted by Crippen LogP contribution is -2.25. The molecule has 72 valence electrons. The van der Waals surface area contributed by atoms with E-state index in [4.69, 9.17) is 4.74 Å². The predicted molar refractivity (Wildman–Crippen MR) is 50.1 cm³/mol. The molecule has 13 heavy (non-hydrogen) atoms. The van der Waals surface area contributed by atoms with Crippen molar-refractivity contribution in [1.29, 1.82) is 0 Å². The standard InChI is InChI=1S/C11H16O2/c1-8(12)13-11-7-6-9-4-2-3-5-10(9)11/h2-3,9-11H,4-7H2,1H3. The summed E-state index contributed by atoms with van der Waals surface area (Å²) >= 11 is 0. The number of hydrogen-bond donors (Lipinski definition) is 0. The Bertz CT molecular complexity index is 232. The molecule has 0 aliphatic heterocycles. The topological polar surface area (TPSA) is 26.3 Å². The SMILES string of the molecule is CC(=O)OC1CCC2CC=CCC21. The summed E-state index contributed by atoms with van der Waals surface area (Å²) in [6, 6.07) is 0. The van der Waals surface area contributed by atoms with Crippen LogP contribution in [0.3, 0.4) is 0 Å². The van der Waals surface area contributed by atoms with E-state index in [2.05, 4.69) is 12.2 Å². The molecular formula is C11H16O2. The Morgan fingerprint density at radius 1 is 1.31 bits per heavy atom. The molecule has 2 rings (SSSR count). The van der Waals surface area contributed by atoms with Crippen LogP contribution in [-0.2, 0) is 9.53 Å². The van der Waals surface area contributed by atoms with Gasteiger partial charge in [0, 0.05) is 12.8 Å². The van der Waals surface area contributed by atoms with E-state index >= 15 is 0 Å². The molecule has 1 saturated carbocycles. The summed E-state index contributed by atoms with van der Waals surface area (Å²) in [4.78, 5) is 10.8. The highest BCUT2D eigenvalue weighted by Gasteiger charge is 2.37. The molecule has 0 heterocycles. The van der Waals surface area contributed by atoms with Gasteiger partial charge in [0.05, 0.1) is 0 Å². The summed E-state index contributed by atoms with van der Waals surface area (Å²) in [6.45, 7) is 1.51. The molecule has 0 amide bonds. The van der Waals surface area contributed by atoms with Crippen molar-refractivity contribution in [2.24, 2.45) is 11.8 Å². The number of allylic oxidation sites excluding steroid dienone is 2. The van der Waals surface area contributed by atoms with Gasteiger partial charge in [0.15, 0.2) is 0 Å². The first-order chi connectivity index (χ1) is 6.27. The van der Waals surface area contributed by atoms with Crippen LogP contribution in [0.2, 0.25) is 0 Å². The van der Waals surface area contributed by atoms with Crippen LogP contribution in [0.15, 0.2) is 12.2 Å². The van der Waals surface area contributed by atoms with Crippen molar-refractivity contribution in [3.63, 3.8) is 0 Å². The fourth-order valence-electron chi connectivity index (χ4n) is 2.63. The van der Waals surface area contributed by atoms with E-state index in [0.29, 0.717) is 5.92 Å². The number of fused-ring (bicyclic) bond motifs is 1. The third kappa shape index (κ3) is 1.77. The quantitative estimate of drug-likeness (QED) is 0.457. The number of ether oxygens (including phenoxy) is 1. The second-order valence-corrected chi connectivity index (χ2v) is 4.09. The zero-order valence-electron chi connectivity index (χ0n) is 8.03. The number of esters is 1. The average molecular weight is 180 g/mol. The fourth-order valence-corrected chi connectivity index (χ4v) is 2.63. The maximum Gasteiger partial charge on any atom is 0.302 e. The molecular weight excluding hydrogens is 164 g/mol. The molecule has 3 atom stereocenters. The van der Waals surface area contributed by atoms with E-state index in [0.717, 1.165) is 18.8 Å². The van der Waals surface area contributed by atoms with Gasteiger partial charge in [0.25, 0.3) is 0 Å². The molecule has 0 aromatic carbocycles. The van der Waals surface area contributed by atoms with Gasteiger partial charge in [-0.3, -0.25) is 4.79 Å². The van der Waals surface area contributed by atoms with Crippen molar-refractivity contribution >= 4 is 5.97 Å².